The molecular formula is C16H27N3. The number of piperazine rings is 1. The van der Waals surface area contributed by atoms with Crippen molar-refractivity contribution in [3.05, 3.63) is 24.3 Å². The van der Waals surface area contributed by atoms with Crippen molar-refractivity contribution >= 4 is 11.4 Å². The molecule has 1 aromatic carbocycles. The lowest BCUT2D eigenvalue weighted by molar-refractivity contribution is 0.226. The number of nitrogens with zero attached hydrogens (tertiary/aromatic N) is 2. The molecule has 0 bridgehead atoms. The number of nitrogens with one attached hydrogen (secondary N) is 1. The molecule has 0 radical (unpaired) electrons. The zero-order valence-corrected chi connectivity index (χ0v) is 13.1. The van der Waals surface area contributed by atoms with Crippen molar-refractivity contribution in [2.45, 2.75) is 38.8 Å². The molecule has 0 atom stereocenters. The predicted octanol–water partition coefficient (Wildman–Crippen LogP) is 2.72. The van der Waals surface area contributed by atoms with Crippen molar-refractivity contribution in [2.75, 3.05) is 37.0 Å². The number of anilines is 2. The zero-order valence-electron chi connectivity index (χ0n) is 13.1. The molecule has 1 heterocycles. The topological polar surface area (TPSA) is 18.5 Å². The highest BCUT2D eigenvalue weighted by molar-refractivity contribution is 5.56. The molecule has 3 nitrogen and oxygen atoms in total. The van der Waals surface area contributed by atoms with Gasteiger partial charge in [0.25, 0.3) is 0 Å². The number of rotatable bonds is 2. The fourth-order valence-corrected chi connectivity index (χ4v) is 3.15. The lowest BCUT2D eigenvalue weighted by Gasteiger charge is -2.49. The molecule has 1 fully saturated rings. The summed E-state index contributed by atoms with van der Waals surface area (Å²) in [5.74, 6) is 0. The van der Waals surface area contributed by atoms with E-state index in [0.29, 0.717) is 0 Å². The molecule has 1 saturated heterocycles. The van der Waals surface area contributed by atoms with Crippen LogP contribution in [0.4, 0.5) is 11.4 Å². The highest BCUT2D eigenvalue weighted by atomic mass is 15.3. The molecule has 106 valence electrons. The van der Waals surface area contributed by atoms with Crippen LogP contribution < -0.4 is 15.1 Å². The van der Waals surface area contributed by atoms with Gasteiger partial charge in [0.05, 0.1) is 0 Å². The van der Waals surface area contributed by atoms with Crippen LogP contribution in [0.15, 0.2) is 24.3 Å². The molecule has 0 aliphatic carbocycles. The fraction of sp³-hybridized carbons (Fsp3) is 0.625. The zero-order chi connectivity index (χ0) is 14.3. The molecular weight excluding hydrogens is 234 g/mol. The second-order valence-corrected chi connectivity index (χ2v) is 7.16. The summed E-state index contributed by atoms with van der Waals surface area (Å²) in [6.07, 6.45) is 0. The Bertz CT molecular complexity index is 416. The van der Waals surface area contributed by atoms with Gasteiger partial charge >= 0.3 is 0 Å². The SMILES string of the molecule is CN(C)c1ccc(N2CC(C)(C)NC(C)(C)C2)cc1. The van der Waals surface area contributed by atoms with E-state index in [2.05, 4.69) is 81.2 Å². The Kier molecular flexibility index (Phi) is 3.52. The van der Waals surface area contributed by atoms with Gasteiger partial charge in [-0.3, -0.25) is 0 Å². The van der Waals surface area contributed by atoms with E-state index in [9.17, 15) is 0 Å². The molecule has 3 heteroatoms. The third-order valence-corrected chi connectivity index (χ3v) is 3.58. The van der Waals surface area contributed by atoms with Gasteiger partial charge in [0.1, 0.15) is 0 Å². The fourth-order valence-electron chi connectivity index (χ4n) is 3.15. The molecule has 2 rings (SSSR count). The van der Waals surface area contributed by atoms with Crippen molar-refractivity contribution in [3.63, 3.8) is 0 Å². The average Bonchev–Trinajstić information content (AvgIpc) is 2.25. The maximum atomic E-state index is 3.71. The van der Waals surface area contributed by atoms with Crippen LogP contribution in [0, 0.1) is 0 Å². The van der Waals surface area contributed by atoms with E-state index in [1.807, 2.05) is 0 Å². The summed E-state index contributed by atoms with van der Waals surface area (Å²) < 4.78 is 0. The molecule has 0 amide bonds. The number of hydrogen-bond donors (Lipinski definition) is 1. The molecule has 1 aliphatic heterocycles. The van der Waals surface area contributed by atoms with Gasteiger partial charge in [-0.2, -0.15) is 0 Å². The van der Waals surface area contributed by atoms with E-state index in [1.54, 1.807) is 0 Å². The average molecular weight is 261 g/mol. The minimum atomic E-state index is 0.141. The van der Waals surface area contributed by atoms with Crippen LogP contribution in [-0.2, 0) is 0 Å². The first kappa shape index (κ1) is 14.2. The Hall–Kier alpha value is -1.22. The minimum absolute atomic E-state index is 0.141. The van der Waals surface area contributed by atoms with E-state index >= 15 is 0 Å². The molecule has 0 saturated carbocycles. The Balaban J connectivity index is 2.21. The highest BCUT2D eigenvalue weighted by Gasteiger charge is 2.36. The van der Waals surface area contributed by atoms with Gasteiger partial charge in [0, 0.05) is 49.6 Å². The van der Waals surface area contributed by atoms with Gasteiger partial charge < -0.3 is 15.1 Å². The maximum Gasteiger partial charge on any atom is 0.0368 e. The van der Waals surface area contributed by atoms with Crippen molar-refractivity contribution in [2.24, 2.45) is 0 Å². The largest absolute Gasteiger partial charge is 0.378 e. The molecule has 0 spiro atoms. The summed E-state index contributed by atoms with van der Waals surface area (Å²) in [5, 5.41) is 3.71. The Morgan fingerprint density at radius 1 is 0.947 bits per heavy atom. The summed E-state index contributed by atoms with van der Waals surface area (Å²) in [7, 11) is 4.15. The molecule has 0 aromatic heterocycles. The first-order chi connectivity index (χ1) is 8.69. The maximum absolute atomic E-state index is 3.71. The smallest absolute Gasteiger partial charge is 0.0368 e. The van der Waals surface area contributed by atoms with Gasteiger partial charge in [0.15, 0.2) is 0 Å². The third kappa shape index (κ3) is 3.41. The number of hydrogen-bond acceptors (Lipinski definition) is 3. The molecule has 1 N–H and O–H groups in total. The normalized spacial score (nSPS) is 21.3. The van der Waals surface area contributed by atoms with Crippen LogP contribution in [0.2, 0.25) is 0 Å². The van der Waals surface area contributed by atoms with Crippen molar-refractivity contribution in [1.29, 1.82) is 0 Å². The van der Waals surface area contributed by atoms with E-state index in [0.717, 1.165) is 13.1 Å². The summed E-state index contributed by atoms with van der Waals surface area (Å²) in [6, 6.07) is 8.84. The second kappa shape index (κ2) is 4.71. The van der Waals surface area contributed by atoms with E-state index in [-0.39, 0.29) is 11.1 Å². The van der Waals surface area contributed by atoms with Gasteiger partial charge in [-0.15, -0.1) is 0 Å². The quantitative estimate of drug-likeness (QED) is 0.883. The summed E-state index contributed by atoms with van der Waals surface area (Å²) >= 11 is 0. The molecule has 1 aliphatic rings. The first-order valence-electron chi connectivity index (χ1n) is 7.00. The van der Waals surface area contributed by atoms with Crippen LogP contribution in [0.5, 0.6) is 0 Å². The van der Waals surface area contributed by atoms with Crippen LogP contribution >= 0.6 is 0 Å². The van der Waals surface area contributed by atoms with Crippen molar-refractivity contribution < 1.29 is 0 Å². The molecule has 0 unspecified atom stereocenters. The van der Waals surface area contributed by atoms with E-state index < -0.39 is 0 Å². The Morgan fingerprint density at radius 3 is 1.84 bits per heavy atom. The monoisotopic (exact) mass is 261 g/mol. The van der Waals surface area contributed by atoms with Crippen molar-refractivity contribution in [3.8, 4) is 0 Å². The van der Waals surface area contributed by atoms with E-state index in [4.69, 9.17) is 0 Å². The highest BCUT2D eigenvalue weighted by Crippen LogP contribution is 2.27. The lowest BCUT2D eigenvalue weighted by atomic mass is 9.91. The summed E-state index contributed by atoms with van der Waals surface area (Å²) in [5.41, 5.74) is 2.84. The minimum Gasteiger partial charge on any atom is -0.378 e. The van der Waals surface area contributed by atoms with Gasteiger partial charge in [-0.05, 0) is 52.0 Å². The van der Waals surface area contributed by atoms with E-state index in [1.165, 1.54) is 11.4 Å². The van der Waals surface area contributed by atoms with Gasteiger partial charge in [-0.1, -0.05) is 0 Å². The van der Waals surface area contributed by atoms with Crippen LogP contribution in [-0.4, -0.2) is 38.3 Å². The Morgan fingerprint density at radius 2 is 1.42 bits per heavy atom. The molecule has 1 aromatic rings. The van der Waals surface area contributed by atoms with Crippen LogP contribution in [0.3, 0.4) is 0 Å². The van der Waals surface area contributed by atoms with Gasteiger partial charge in [0.2, 0.25) is 0 Å². The first-order valence-corrected chi connectivity index (χ1v) is 7.00. The standard InChI is InChI=1S/C16H27N3/c1-15(2)11-19(12-16(3,4)17-15)14-9-7-13(8-10-14)18(5)6/h7-10,17H,11-12H2,1-6H3. The third-order valence-electron chi connectivity index (χ3n) is 3.58. The lowest BCUT2D eigenvalue weighted by Crippen LogP contribution is -2.66. The number of benzene rings is 1. The van der Waals surface area contributed by atoms with Crippen LogP contribution in [0.1, 0.15) is 27.7 Å². The summed E-state index contributed by atoms with van der Waals surface area (Å²) in [6.45, 7) is 11.2. The second-order valence-electron chi connectivity index (χ2n) is 7.16. The Labute approximate surface area is 117 Å². The molecule has 19 heavy (non-hydrogen) atoms. The van der Waals surface area contributed by atoms with Gasteiger partial charge in [-0.25, -0.2) is 0 Å². The van der Waals surface area contributed by atoms with Crippen LogP contribution in [0.25, 0.3) is 0 Å². The predicted molar refractivity (Wildman–Crippen MR) is 84.3 cm³/mol. The summed E-state index contributed by atoms with van der Waals surface area (Å²) in [4.78, 5) is 4.62. The van der Waals surface area contributed by atoms with Crippen molar-refractivity contribution in [1.82, 2.24) is 5.32 Å².